The molecule has 1 aliphatic rings. The maximum Gasteiger partial charge on any atom is 0.313 e. The third kappa shape index (κ3) is 3.12. The summed E-state index contributed by atoms with van der Waals surface area (Å²) in [6, 6.07) is 0.260. The lowest BCUT2D eigenvalue weighted by molar-refractivity contribution is -0.133. The first kappa shape index (κ1) is 14.4. The van der Waals surface area contributed by atoms with Crippen LogP contribution in [0.3, 0.4) is 0 Å². The quantitative estimate of drug-likeness (QED) is 0.842. The number of aliphatic carboxylic acids is 1. The summed E-state index contributed by atoms with van der Waals surface area (Å²) < 4.78 is 7.81. The van der Waals surface area contributed by atoms with Gasteiger partial charge in [-0.2, -0.15) is 0 Å². The zero-order valence-corrected chi connectivity index (χ0v) is 12.3. The van der Waals surface area contributed by atoms with Crippen molar-refractivity contribution in [1.82, 2.24) is 9.55 Å². The van der Waals surface area contributed by atoms with Crippen molar-refractivity contribution in [2.75, 3.05) is 12.4 Å². The normalized spacial score (nSPS) is 23.2. The number of carboxylic acids is 1. The Kier molecular flexibility index (Phi) is 4.52. The van der Waals surface area contributed by atoms with Gasteiger partial charge in [0.05, 0.1) is 17.9 Å². The minimum atomic E-state index is -0.818. The van der Waals surface area contributed by atoms with Gasteiger partial charge in [0.1, 0.15) is 0 Å². The van der Waals surface area contributed by atoms with E-state index in [2.05, 4.69) is 30.3 Å². The molecule has 6 heteroatoms. The average Bonchev–Trinajstić information content (AvgIpc) is 2.91. The van der Waals surface area contributed by atoms with Crippen LogP contribution < -0.4 is 0 Å². The highest BCUT2D eigenvalue weighted by molar-refractivity contribution is 7.99. The van der Waals surface area contributed by atoms with Gasteiger partial charge in [0.2, 0.25) is 0 Å². The SMILES string of the molecule is CC(C)c1cnc(SCC(=O)O)n1C1CCOC1C. The predicted molar refractivity (Wildman–Crippen MR) is 73.7 cm³/mol. The van der Waals surface area contributed by atoms with Crippen LogP contribution in [-0.4, -0.2) is 39.1 Å². The van der Waals surface area contributed by atoms with Crippen LogP contribution >= 0.6 is 11.8 Å². The van der Waals surface area contributed by atoms with Gasteiger partial charge in [0.25, 0.3) is 0 Å². The lowest BCUT2D eigenvalue weighted by Crippen LogP contribution is -2.20. The van der Waals surface area contributed by atoms with Crippen LogP contribution in [0.4, 0.5) is 0 Å². The molecule has 0 aromatic carbocycles. The molecule has 1 fully saturated rings. The van der Waals surface area contributed by atoms with E-state index < -0.39 is 5.97 Å². The van der Waals surface area contributed by atoms with Crippen molar-refractivity contribution in [3.63, 3.8) is 0 Å². The van der Waals surface area contributed by atoms with Crippen LogP contribution in [0.25, 0.3) is 0 Å². The number of thioether (sulfide) groups is 1. The first-order valence-electron chi connectivity index (χ1n) is 6.54. The van der Waals surface area contributed by atoms with Crippen molar-refractivity contribution in [3.05, 3.63) is 11.9 Å². The number of imidazole rings is 1. The molecule has 2 heterocycles. The highest BCUT2D eigenvalue weighted by atomic mass is 32.2. The average molecular weight is 284 g/mol. The van der Waals surface area contributed by atoms with Crippen LogP contribution in [0, 0.1) is 0 Å². The summed E-state index contributed by atoms with van der Waals surface area (Å²) in [6.45, 7) is 7.07. The molecule has 1 saturated heterocycles. The number of carbonyl (C=O) groups is 1. The number of rotatable bonds is 5. The molecule has 0 aliphatic carbocycles. The lowest BCUT2D eigenvalue weighted by atomic mass is 10.1. The first-order chi connectivity index (χ1) is 9.00. The van der Waals surface area contributed by atoms with Crippen molar-refractivity contribution in [1.29, 1.82) is 0 Å². The molecule has 0 bridgehead atoms. The van der Waals surface area contributed by atoms with Gasteiger partial charge in [0, 0.05) is 18.5 Å². The summed E-state index contributed by atoms with van der Waals surface area (Å²) in [5.74, 6) is -0.419. The Balaban J connectivity index is 2.30. The second kappa shape index (κ2) is 5.96. The number of aromatic nitrogens is 2. The van der Waals surface area contributed by atoms with Crippen molar-refractivity contribution < 1.29 is 14.6 Å². The van der Waals surface area contributed by atoms with Crippen molar-refractivity contribution in [3.8, 4) is 0 Å². The number of ether oxygens (including phenoxy) is 1. The van der Waals surface area contributed by atoms with Crippen LogP contribution in [0.1, 0.15) is 44.8 Å². The van der Waals surface area contributed by atoms with E-state index in [1.54, 1.807) is 0 Å². The van der Waals surface area contributed by atoms with E-state index in [0.717, 1.165) is 23.9 Å². The Morgan fingerprint density at radius 3 is 2.95 bits per heavy atom. The maximum atomic E-state index is 10.7. The van der Waals surface area contributed by atoms with Gasteiger partial charge < -0.3 is 14.4 Å². The molecule has 2 unspecified atom stereocenters. The van der Waals surface area contributed by atoms with Crippen molar-refractivity contribution in [2.24, 2.45) is 0 Å². The van der Waals surface area contributed by atoms with Gasteiger partial charge in [0.15, 0.2) is 5.16 Å². The molecular weight excluding hydrogens is 264 g/mol. The van der Waals surface area contributed by atoms with Crippen LogP contribution in [0.15, 0.2) is 11.4 Å². The van der Waals surface area contributed by atoms with Crippen molar-refractivity contribution >= 4 is 17.7 Å². The Bertz CT molecular complexity index is 459. The fourth-order valence-corrected chi connectivity index (χ4v) is 3.17. The zero-order chi connectivity index (χ0) is 14.0. The van der Waals surface area contributed by atoms with Gasteiger partial charge in [-0.1, -0.05) is 25.6 Å². The van der Waals surface area contributed by atoms with Gasteiger partial charge in [-0.25, -0.2) is 4.98 Å². The Hall–Kier alpha value is -1.01. The molecule has 0 amide bonds. The smallest absolute Gasteiger partial charge is 0.313 e. The molecule has 2 atom stereocenters. The second-order valence-electron chi connectivity index (χ2n) is 5.10. The molecule has 1 aromatic rings. The van der Waals surface area contributed by atoms with Crippen LogP contribution in [0.2, 0.25) is 0 Å². The molecular formula is C13H20N2O3S. The number of hydrogen-bond acceptors (Lipinski definition) is 4. The summed E-state index contributed by atoms with van der Waals surface area (Å²) in [4.78, 5) is 15.1. The number of nitrogens with zero attached hydrogens (tertiary/aromatic N) is 2. The van der Waals surface area contributed by atoms with Crippen LogP contribution in [-0.2, 0) is 9.53 Å². The standard InChI is InChI=1S/C13H20N2O3S/c1-8(2)11-6-14-13(19-7-12(16)17)15(11)10-4-5-18-9(10)3/h6,8-10H,4-5,7H2,1-3H3,(H,16,17). The Morgan fingerprint density at radius 2 is 2.42 bits per heavy atom. The number of hydrogen-bond donors (Lipinski definition) is 1. The molecule has 2 rings (SSSR count). The van der Waals surface area contributed by atoms with Crippen LogP contribution in [0.5, 0.6) is 0 Å². The van der Waals surface area contributed by atoms with E-state index >= 15 is 0 Å². The molecule has 0 spiro atoms. The third-order valence-corrected chi connectivity index (χ3v) is 4.33. The highest BCUT2D eigenvalue weighted by Crippen LogP contribution is 2.34. The fraction of sp³-hybridized carbons (Fsp3) is 0.692. The van der Waals surface area contributed by atoms with E-state index in [0.29, 0.717) is 5.92 Å². The van der Waals surface area contributed by atoms with E-state index in [1.165, 1.54) is 11.8 Å². The monoisotopic (exact) mass is 284 g/mol. The van der Waals surface area contributed by atoms with E-state index in [9.17, 15) is 4.79 Å². The third-order valence-electron chi connectivity index (χ3n) is 3.38. The molecule has 0 radical (unpaired) electrons. The molecule has 1 aromatic heterocycles. The Labute approximate surface area is 117 Å². The predicted octanol–water partition coefficient (Wildman–Crippen LogP) is 2.53. The molecule has 106 valence electrons. The summed E-state index contributed by atoms with van der Waals surface area (Å²) in [5, 5.41) is 9.60. The van der Waals surface area contributed by atoms with E-state index in [-0.39, 0.29) is 17.9 Å². The lowest BCUT2D eigenvalue weighted by Gasteiger charge is -2.22. The summed E-state index contributed by atoms with van der Waals surface area (Å²) in [5.41, 5.74) is 1.15. The largest absolute Gasteiger partial charge is 0.481 e. The molecule has 1 aliphatic heterocycles. The molecule has 0 saturated carbocycles. The van der Waals surface area contributed by atoms with E-state index in [1.807, 2.05) is 6.20 Å². The Morgan fingerprint density at radius 1 is 1.68 bits per heavy atom. The zero-order valence-electron chi connectivity index (χ0n) is 11.5. The number of carboxylic acid groups (broad SMARTS) is 1. The summed E-state index contributed by atoms with van der Waals surface area (Å²) >= 11 is 1.28. The van der Waals surface area contributed by atoms with E-state index in [4.69, 9.17) is 9.84 Å². The van der Waals surface area contributed by atoms with Gasteiger partial charge >= 0.3 is 5.97 Å². The molecule has 5 nitrogen and oxygen atoms in total. The summed E-state index contributed by atoms with van der Waals surface area (Å²) in [6.07, 6.45) is 2.97. The fourth-order valence-electron chi connectivity index (χ4n) is 2.41. The minimum absolute atomic E-state index is 0.0382. The first-order valence-corrected chi connectivity index (χ1v) is 7.52. The van der Waals surface area contributed by atoms with Gasteiger partial charge in [-0.3, -0.25) is 4.79 Å². The second-order valence-corrected chi connectivity index (χ2v) is 6.05. The minimum Gasteiger partial charge on any atom is -0.481 e. The maximum absolute atomic E-state index is 10.7. The summed E-state index contributed by atoms with van der Waals surface area (Å²) in [7, 11) is 0. The highest BCUT2D eigenvalue weighted by Gasteiger charge is 2.30. The van der Waals surface area contributed by atoms with Gasteiger partial charge in [-0.15, -0.1) is 0 Å². The molecule has 1 N–H and O–H groups in total. The molecule has 19 heavy (non-hydrogen) atoms. The van der Waals surface area contributed by atoms with Gasteiger partial charge in [-0.05, 0) is 19.3 Å². The topological polar surface area (TPSA) is 64.3 Å². The van der Waals surface area contributed by atoms with Crippen molar-refractivity contribution in [2.45, 2.75) is 50.4 Å².